The molecular weight excluding hydrogens is 188 g/mol. The van der Waals surface area contributed by atoms with Gasteiger partial charge in [0, 0.05) is 6.92 Å². The molecule has 2 heteroatoms. The number of rotatable bonds is 3. The lowest BCUT2D eigenvalue weighted by molar-refractivity contribution is -0.140. The fourth-order valence-electron chi connectivity index (χ4n) is 2.09. The number of carbonyl (C=O) groups is 1. The monoisotopic (exact) mass is 214 g/mol. The van der Waals surface area contributed by atoms with Gasteiger partial charge in [-0.15, -0.1) is 0 Å². The summed E-state index contributed by atoms with van der Waals surface area (Å²) in [6.45, 7) is 5.95. The summed E-state index contributed by atoms with van der Waals surface area (Å²) in [6, 6.07) is 0. The highest BCUT2D eigenvalue weighted by Gasteiger charge is 2.10. The lowest BCUT2D eigenvalue weighted by Crippen LogP contribution is -2.04. The van der Waals surface area contributed by atoms with Crippen LogP contribution in [0.1, 0.15) is 65.7 Å². The molecule has 1 aliphatic rings. The molecule has 0 bridgehead atoms. The fraction of sp³-hybridized carbons (Fsp3) is 0.923. The molecule has 1 fully saturated rings. The summed E-state index contributed by atoms with van der Waals surface area (Å²) >= 11 is 0. The van der Waals surface area contributed by atoms with Crippen molar-refractivity contribution in [3.05, 3.63) is 0 Å². The summed E-state index contributed by atoms with van der Waals surface area (Å²) in [4.78, 5) is 9.82. The third-order valence-electron chi connectivity index (χ3n) is 2.77. The van der Waals surface area contributed by atoms with E-state index in [1.165, 1.54) is 51.9 Å². The number of hydrogen-bond acceptors (Lipinski definition) is 2. The van der Waals surface area contributed by atoms with E-state index in [1.54, 1.807) is 6.92 Å². The van der Waals surface area contributed by atoms with Crippen molar-refractivity contribution in [2.24, 2.45) is 5.92 Å². The average Bonchev–Trinajstić information content (AvgIpc) is 2.20. The second-order valence-electron chi connectivity index (χ2n) is 4.22. The molecule has 1 aliphatic carbocycles. The zero-order valence-electron chi connectivity index (χ0n) is 10.6. The van der Waals surface area contributed by atoms with Crippen LogP contribution in [0.4, 0.5) is 0 Å². The first-order chi connectivity index (χ1) is 7.20. The van der Waals surface area contributed by atoms with Crippen molar-refractivity contribution in [1.82, 2.24) is 0 Å². The molecule has 0 aromatic rings. The van der Waals surface area contributed by atoms with Gasteiger partial charge in [-0.2, -0.15) is 0 Å². The van der Waals surface area contributed by atoms with Crippen LogP contribution in [-0.2, 0) is 9.53 Å². The molecule has 0 spiro atoms. The Morgan fingerprint density at radius 1 is 1.20 bits per heavy atom. The highest BCUT2D eigenvalue weighted by molar-refractivity contribution is 5.65. The van der Waals surface area contributed by atoms with Crippen molar-refractivity contribution >= 4 is 5.97 Å². The van der Waals surface area contributed by atoms with E-state index in [-0.39, 0.29) is 5.97 Å². The van der Waals surface area contributed by atoms with E-state index < -0.39 is 0 Å². The molecule has 0 heterocycles. The molecule has 0 saturated heterocycles. The number of ether oxygens (including phenoxy) is 1. The maximum Gasteiger partial charge on any atom is 0.302 e. The normalized spacial score (nSPS) is 16.5. The Morgan fingerprint density at radius 3 is 2.13 bits per heavy atom. The molecule has 1 saturated carbocycles. The Kier molecular flexibility index (Phi) is 9.65. The molecule has 0 radical (unpaired) electrons. The van der Waals surface area contributed by atoms with Crippen molar-refractivity contribution in [3.63, 3.8) is 0 Å². The van der Waals surface area contributed by atoms with Crippen LogP contribution >= 0.6 is 0 Å². The van der Waals surface area contributed by atoms with Crippen LogP contribution in [0.25, 0.3) is 0 Å². The molecule has 0 aromatic heterocycles. The van der Waals surface area contributed by atoms with Gasteiger partial charge in [0.2, 0.25) is 0 Å². The Hall–Kier alpha value is -0.530. The van der Waals surface area contributed by atoms with Crippen LogP contribution in [0, 0.1) is 5.92 Å². The average molecular weight is 214 g/mol. The molecule has 0 atom stereocenters. The minimum atomic E-state index is -0.211. The summed E-state index contributed by atoms with van der Waals surface area (Å²) in [6.07, 6.45) is 10.4. The first-order valence-corrected chi connectivity index (χ1v) is 6.34. The zero-order chi connectivity index (χ0) is 11.5. The highest BCUT2D eigenvalue weighted by atomic mass is 16.5. The zero-order valence-corrected chi connectivity index (χ0v) is 10.6. The fourth-order valence-corrected chi connectivity index (χ4v) is 2.09. The number of hydrogen-bond donors (Lipinski definition) is 0. The third-order valence-corrected chi connectivity index (χ3v) is 2.77. The van der Waals surface area contributed by atoms with Gasteiger partial charge < -0.3 is 4.74 Å². The first-order valence-electron chi connectivity index (χ1n) is 6.34. The van der Waals surface area contributed by atoms with Crippen molar-refractivity contribution < 1.29 is 9.53 Å². The van der Waals surface area contributed by atoms with E-state index in [2.05, 4.69) is 11.7 Å². The van der Waals surface area contributed by atoms with Gasteiger partial charge in [0.1, 0.15) is 0 Å². The number of carbonyl (C=O) groups excluding carboxylic acids is 1. The van der Waals surface area contributed by atoms with E-state index in [1.807, 2.05) is 0 Å². The summed E-state index contributed by atoms with van der Waals surface area (Å²) < 4.78 is 4.40. The van der Waals surface area contributed by atoms with E-state index >= 15 is 0 Å². The van der Waals surface area contributed by atoms with Crippen molar-refractivity contribution in [2.75, 3.05) is 6.61 Å². The van der Waals surface area contributed by atoms with Gasteiger partial charge in [-0.3, -0.25) is 4.79 Å². The highest BCUT2D eigenvalue weighted by Crippen LogP contribution is 2.26. The SMILES string of the molecule is CCCC1CCCCC1.CCOC(C)=O. The van der Waals surface area contributed by atoms with Gasteiger partial charge in [0.05, 0.1) is 6.61 Å². The lowest BCUT2D eigenvalue weighted by atomic mass is 9.86. The standard InChI is InChI=1S/C9H18.C4H8O2/c1-2-6-9-7-4-3-5-8-9;1-3-6-4(2)5/h9H,2-8H2,1H3;3H2,1-2H3. The Bertz CT molecular complexity index is 146. The van der Waals surface area contributed by atoms with E-state index in [0.717, 1.165) is 5.92 Å². The summed E-state index contributed by atoms with van der Waals surface area (Å²) in [5.41, 5.74) is 0. The topological polar surface area (TPSA) is 26.3 Å². The minimum absolute atomic E-state index is 0.211. The van der Waals surface area contributed by atoms with Crippen LogP contribution in [0.5, 0.6) is 0 Å². The first kappa shape index (κ1) is 14.5. The second kappa shape index (κ2) is 10.0. The van der Waals surface area contributed by atoms with Crippen molar-refractivity contribution in [1.29, 1.82) is 0 Å². The maximum atomic E-state index is 9.82. The van der Waals surface area contributed by atoms with Gasteiger partial charge in [-0.05, 0) is 12.8 Å². The van der Waals surface area contributed by atoms with Gasteiger partial charge in [-0.1, -0.05) is 51.9 Å². The van der Waals surface area contributed by atoms with Gasteiger partial charge in [0.15, 0.2) is 0 Å². The van der Waals surface area contributed by atoms with Gasteiger partial charge in [0.25, 0.3) is 0 Å². The van der Waals surface area contributed by atoms with Gasteiger partial charge >= 0.3 is 5.97 Å². The van der Waals surface area contributed by atoms with Crippen LogP contribution in [0.15, 0.2) is 0 Å². The van der Waals surface area contributed by atoms with Crippen molar-refractivity contribution in [3.8, 4) is 0 Å². The molecule has 0 aliphatic heterocycles. The Morgan fingerprint density at radius 2 is 1.80 bits per heavy atom. The van der Waals surface area contributed by atoms with Gasteiger partial charge in [-0.25, -0.2) is 0 Å². The molecule has 0 amide bonds. The summed E-state index contributed by atoms with van der Waals surface area (Å²) in [5, 5.41) is 0. The molecular formula is C13H26O2. The van der Waals surface area contributed by atoms with E-state index in [4.69, 9.17) is 0 Å². The quantitative estimate of drug-likeness (QED) is 0.665. The van der Waals surface area contributed by atoms with Crippen molar-refractivity contribution in [2.45, 2.75) is 65.7 Å². The summed E-state index contributed by atoms with van der Waals surface area (Å²) in [5.74, 6) is 0.890. The predicted molar refractivity (Wildman–Crippen MR) is 63.8 cm³/mol. The Balaban J connectivity index is 0.000000288. The molecule has 0 aromatic carbocycles. The van der Waals surface area contributed by atoms with Crippen LogP contribution in [-0.4, -0.2) is 12.6 Å². The molecule has 0 N–H and O–H groups in total. The largest absolute Gasteiger partial charge is 0.466 e. The minimum Gasteiger partial charge on any atom is -0.466 e. The molecule has 2 nitrogen and oxygen atoms in total. The molecule has 15 heavy (non-hydrogen) atoms. The molecule has 90 valence electrons. The molecule has 1 rings (SSSR count). The smallest absolute Gasteiger partial charge is 0.302 e. The predicted octanol–water partition coefficient (Wildman–Crippen LogP) is 3.94. The van der Waals surface area contributed by atoms with Crippen LogP contribution < -0.4 is 0 Å². The Labute approximate surface area is 94.4 Å². The summed E-state index contributed by atoms with van der Waals surface area (Å²) in [7, 11) is 0. The lowest BCUT2D eigenvalue weighted by Gasteiger charge is -2.20. The number of esters is 1. The van der Waals surface area contributed by atoms with E-state index in [9.17, 15) is 4.79 Å². The molecule has 0 unspecified atom stereocenters. The maximum absolute atomic E-state index is 9.82. The van der Waals surface area contributed by atoms with Crippen LogP contribution in [0.2, 0.25) is 0 Å². The second-order valence-corrected chi connectivity index (χ2v) is 4.22. The van der Waals surface area contributed by atoms with E-state index in [0.29, 0.717) is 6.61 Å². The third kappa shape index (κ3) is 9.77. The van der Waals surface area contributed by atoms with Crippen LogP contribution in [0.3, 0.4) is 0 Å².